The summed E-state index contributed by atoms with van der Waals surface area (Å²) >= 11 is 6.62. The second kappa shape index (κ2) is 6.36. The van der Waals surface area contributed by atoms with E-state index < -0.39 is 5.97 Å². The number of carbonyl (C=O) groups excluding carboxylic acids is 1. The zero-order valence-electron chi connectivity index (χ0n) is 15.3. The number of aromatic nitrogens is 1. The number of nitrogens with zero attached hydrogens (tertiary/aromatic N) is 1. The molecule has 0 saturated heterocycles. The van der Waals surface area contributed by atoms with Gasteiger partial charge in [0.25, 0.3) is 0 Å². The molecule has 0 radical (unpaired) electrons. The van der Waals surface area contributed by atoms with Crippen LogP contribution in [0.15, 0.2) is 54.6 Å². The van der Waals surface area contributed by atoms with E-state index in [1.807, 2.05) is 80.1 Å². The summed E-state index contributed by atoms with van der Waals surface area (Å²) in [5.41, 5.74) is 5.30. The third-order valence-corrected chi connectivity index (χ3v) is 5.41. The molecule has 1 heterocycles. The lowest BCUT2D eigenvalue weighted by Crippen LogP contribution is -2.31. The number of carbonyl (C=O) groups is 1. The van der Waals surface area contributed by atoms with Crippen LogP contribution in [-0.2, 0) is 7.05 Å². The summed E-state index contributed by atoms with van der Waals surface area (Å²) in [7, 11) is 1.91. The molecule has 0 aliphatic heterocycles. The predicted octanol–water partition coefficient (Wildman–Crippen LogP) is 4.12. The highest BCUT2D eigenvalue weighted by Crippen LogP contribution is 2.38. The molecule has 0 saturated carbocycles. The number of aryl methyl sites for hydroxylation is 3. The van der Waals surface area contributed by atoms with E-state index in [0.29, 0.717) is 16.0 Å². The molecule has 0 unspecified atom stereocenters. The Hall–Kier alpha value is -2.91. The molecule has 134 valence electrons. The standard InChI is InChI=1S/C23H18ClNO2/c1-13-8-9-16(14(2)10-13)21-18(24)12-20-17(22(21)23(26)27)11-15-6-4-5-7-19(15)25(20)3/h4-12H,1-3H3. The van der Waals surface area contributed by atoms with Gasteiger partial charge in [0.15, 0.2) is 0 Å². The summed E-state index contributed by atoms with van der Waals surface area (Å²) < 4.78 is 1.97. The number of carboxylic acids is 1. The molecule has 0 aliphatic rings. The van der Waals surface area contributed by atoms with Gasteiger partial charge < -0.3 is 9.90 Å². The second-order valence-corrected chi connectivity index (χ2v) is 7.32. The average molecular weight is 376 g/mol. The van der Waals surface area contributed by atoms with Gasteiger partial charge in [0, 0.05) is 28.6 Å². The molecule has 3 aromatic carbocycles. The van der Waals surface area contributed by atoms with Crippen LogP contribution in [0, 0.1) is 13.8 Å². The molecule has 4 heteroatoms. The van der Waals surface area contributed by atoms with E-state index in [1.165, 1.54) is 0 Å². The van der Waals surface area contributed by atoms with Crippen LogP contribution in [0.4, 0.5) is 0 Å². The summed E-state index contributed by atoms with van der Waals surface area (Å²) in [6.07, 6.45) is 0. The number of aromatic carboxylic acids is 1. The molecule has 0 spiro atoms. The fourth-order valence-electron chi connectivity index (χ4n) is 3.85. The first kappa shape index (κ1) is 17.5. The largest absolute Gasteiger partial charge is 0.545 e. The van der Waals surface area contributed by atoms with Gasteiger partial charge in [-0.15, -0.1) is 0 Å². The van der Waals surface area contributed by atoms with Gasteiger partial charge in [-0.2, -0.15) is 4.57 Å². The van der Waals surface area contributed by atoms with Gasteiger partial charge >= 0.3 is 0 Å². The number of halogens is 1. The van der Waals surface area contributed by atoms with Crippen molar-refractivity contribution >= 4 is 39.4 Å². The van der Waals surface area contributed by atoms with Crippen LogP contribution in [0.1, 0.15) is 21.5 Å². The summed E-state index contributed by atoms with van der Waals surface area (Å²) in [6, 6.07) is 17.5. The highest BCUT2D eigenvalue weighted by atomic mass is 35.5. The van der Waals surface area contributed by atoms with Gasteiger partial charge in [0.2, 0.25) is 11.0 Å². The topological polar surface area (TPSA) is 44.0 Å². The fourth-order valence-corrected chi connectivity index (χ4v) is 4.15. The molecule has 1 aromatic heterocycles. The van der Waals surface area contributed by atoms with E-state index in [2.05, 4.69) is 0 Å². The SMILES string of the molecule is Cc1ccc(-c2c(Cl)cc3c(cc4ccccc4[n+]3C)c2C(=O)[O-])c(C)c1. The number of hydrogen-bond acceptors (Lipinski definition) is 2. The van der Waals surface area contributed by atoms with E-state index in [1.54, 1.807) is 0 Å². The molecular formula is C23H18ClNO2. The third-order valence-electron chi connectivity index (χ3n) is 5.11. The zero-order chi connectivity index (χ0) is 19.3. The maximum Gasteiger partial charge on any atom is 0.214 e. The van der Waals surface area contributed by atoms with E-state index in [9.17, 15) is 9.90 Å². The number of pyridine rings is 1. The minimum atomic E-state index is -1.23. The molecule has 0 bridgehead atoms. The first-order chi connectivity index (χ1) is 12.9. The molecule has 27 heavy (non-hydrogen) atoms. The Morgan fingerprint density at radius 1 is 1.00 bits per heavy atom. The van der Waals surface area contributed by atoms with Crippen molar-refractivity contribution in [3.8, 4) is 11.1 Å². The van der Waals surface area contributed by atoms with Gasteiger partial charge in [-0.05, 0) is 37.1 Å². The Morgan fingerprint density at radius 2 is 1.74 bits per heavy atom. The molecular weight excluding hydrogens is 358 g/mol. The highest BCUT2D eigenvalue weighted by Gasteiger charge is 2.22. The normalized spacial score (nSPS) is 11.3. The second-order valence-electron chi connectivity index (χ2n) is 6.91. The molecule has 4 rings (SSSR count). The number of para-hydroxylation sites is 1. The number of carboxylic acid groups (broad SMARTS) is 1. The third kappa shape index (κ3) is 2.75. The number of benzene rings is 3. The Bertz CT molecular complexity index is 1240. The molecule has 0 atom stereocenters. The monoisotopic (exact) mass is 375 g/mol. The molecule has 4 aromatic rings. The minimum absolute atomic E-state index is 0.130. The van der Waals surface area contributed by atoms with Crippen molar-refractivity contribution in [2.24, 2.45) is 7.05 Å². The lowest BCUT2D eigenvalue weighted by atomic mass is 9.91. The van der Waals surface area contributed by atoms with Gasteiger partial charge in [0.05, 0.1) is 16.4 Å². The summed E-state index contributed by atoms with van der Waals surface area (Å²) in [6.45, 7) is 3.97. The molecule has 0 aliphatic carbocycles. The van der Waals surface area contributed by atoms with Crippen molar-refractivity contribution < 1.29 is 14.5 Å². The lowest BCUT2D eigenvalue weighted by molar-refractivity contribution is -0.617. The first-order valence-electron chi connectivity index (χ1n) is 8.71. The van der Waals surface area contributed by atoms with Crippen molar-refractivity contribution in [2.45, 2.75) is 13.8 Å². The molecule has 0 amide bonds. The van der Waals surface area contributed by atoms with Crippen LogP contribution in [0.5, 0.6) is 0 Å². The van der Waals surface area contributed by atoms with Crippen LogP contribution in [-0.4, -0.2) is 5.97 Å². The predicted molar refractivity (Wildman–Crippen MR) is 107 cm³/mol. The van der Waals surface area contributed by atoms with E-state index >= 15 is 0 Å². The number of rotatable bonds is 2. The van der Waals surface area contributed by atoms with Gasteiger partial charge in [-0.1, -0.05) is 47.5 Å². The minimum Gasteiger partial charge on any atom is -0.545 e. The van der Waals surface area contributed by atoms with Crippen molar-refractivity contribution in [1.82, 2.24) is 0 Å². The maximum atomic E-state index is 12.2. The number of hydrogen-bond donors (Lipinski definition) is 0. The quantitative estimate of drug-likeness (QED) is 0.391. The molecule has 0 fully saturated rings. The summed E-state index contributed by atoms with van der Waals surface area (Å²) in [5, 5.41) is 14.2. The van der Waals surface area contributed by atoms with Crippen LogP contribution in [0.25, 0.3) is 32.9 Å². The van der Waals surface area contributed by atoms with Gasteiger partial charge in [0.1, 0.15) is 7.05 Å². The van der Waals surface area contributed by atoms with Gasteiger partial charge in [-0.25, -0.2) is 0 Å². The van der Waals surface area contributed by atoms with Crippen molar-refractivity contribution in [1.29, 1.82) is 0 Å². The highest BCUT2D eigenvalue weighted by molar-refractivity contribution is 6.35. The Kier molecular flexibility index (Phi) is 4.12. The Labute approximate surface area is 162 Å². The van der Waals surface area contributed by atoms with Crippen molar-refractivity contribution in [3.05, 3.63) is 76.3 Å². The Balaban J connectivity index is 2.20. The number of fused-ring (bicyclic) bond motifs is 2. The van der Waals surface area contributed by atoms with Crippen molar-refractivity contribution in [2.75, 3.05) is 0 Å². The zero-order valence-corrected chi connectivity index (χ0v) is 16.1. The van der Waals surface area contributed by atoms with Crippen LogP contribution < -0.4 is 9.67 Å². The maximum absolute atomic E-state index is 12.2. The average Bonchev–Trinajstić information content (AvgIpc) is 2.62. The first-order valence-corrected chi connectivity index (χ1v) is 9.09. The van der Waals surface area contributed by atoms with E-state index in [4.69, 9.17) is 11.6 Å². The molecule has 0 N–H and O–H groups in total. The lowest BCUT2D eigenvalue weighted by Gasteiger charge is -2.17. The van der Waals surface area contributed by atoms with Crippen molar-refractivity contribution in [3.63, 3.8) is 0 Å². The summed E-state index contributed by atoms with van der Waals surface area (Å²) in [5.74, 6) is -1.23. The van der Waals surface area contributed by atoms with Crippen LogP contribution in [0.2, 0.25) is 5.02 Å². The fraction of sp³-hybridized carbons (Fsp3) is 0.130. The van der Waals surface area contributed by atoms with E-state index in [0.717, 1.165) is 33.1 Å². The van der Waals surface area contributed by atoms with Crippen LogP contribution >= 0.6 is 11.6 Å². The van der Waals surface area contributed by atoms with Crippen LogP contribution in [0.3, 0.4) is 0 Å². The van der Waals surface area contributed by atoms with Gasteiger partial charge in [-0.3, -0.25) is 0 Å². The summed E-state index contributed by atoms with van der Waals surface area (Å²) in [4.78, 5) is 12.2. The van der Waals surface area contributed by atoms with E-state index in [-0.39, 0.29) is 5.56 Å². The smallest absolute Gasteiger partial charge is 0.214 e. The molecule has 3 nitrogen and oxygen atoms in total. The Morgan fingerprint density at radius 3 is 2.44 bits per heavy atom.